The minimum Gasteiger partial charge on any atom is -0.309 e. The Hall–Kier alpha value is -5.67. The highest BCUT2D eigenvalue weighted by molar-refractivity contribution is 6.30. The van der Waals surface area contributed by atoms with Crippen LogP contribution in [-0.2, 0) is 0 Å². The summed E-state index contributed by atoms with van der Waals surface area (Å²) in [6.45, 7) is 0. The first-order valence-electron chi connectivity index (χ1n) is 14.4. The zero-order valence-corrected chi connectivity index (χ0v) is 22.6. The smallest absolute Gasteiger partial charge is 0.0802 e. The SMILES string of the molecule is c1ccc2c(c1)-c1cccnc1-c1cc3c4ccccc4n(-c4ccc5ccccc5c4)c3c3c4ccccc4n-2c13. The quantitative estimate of drug-likeness (QED) is 0.206. The van der Waals surface area contributed by atoms with Gasteiger partial charge in [-0.05, 0) is 53.2 Å². The Kier molecular flexibility index (Phi) is 4.18. The molecule has 3 aromatic heterocycles. The van der Waals surface area contributed by atoms with Gasteiger partial charge in [-0.1, -0.05) is 91.0 Å². The maximum atomic E-state index is 5.04. The first-order chi connectivity index (χ1) is 20.9. The zero-order chi connectivity index (χ0) is 27.4. The number of fused-ring (bicyclic) bond motifs is 13. The van der Waals surface area contributed by atoms with Crippen molar-refractivity contribution < 1.29 is 0 Å². The molecular weight excluding hydrogens is 510 g/mol. The van der Waals surface area contributed by atoms with Gasteiger partial charge in [-0.2, -0.15) is 0 Å². The molecule has 4 heterocycles. The van der Waals surface area contributed by atoms with E-state index in [1.54, 1.807) is 0 Å². The van der Waals surface area contributed by atoms with E-state index in [9.17, 15) is 0 Å². The summed E-state index contributed by atoms with van der Waals surface area (Å²) < 4.78 is 4.95. The average Bonchev–Trinajstić information content (AvgIpc) is 3.53. The van der Waals surface area contributed by atoms with Gasteiger partial charge in [-0.25, -0.2) is 0 Å². The van der Waals surface area contributed by atoms with Crippen LogP contribution in [0.3, 0.4) is 0 Å². The third-order valence-corrected chi connectivity index (χ3v) is 9.06. The van der Waals surface area contributed by atoms with Gasteiger partial charge < -0.3 is 9.13 Å². The van der Waals surface area contributed by atoms with Gasteiger partial charge in [0.15, 0.2) is 0 Å². The van der Waals surface area contributed by atoms with E-state index in [2.05, 4.69) is 143 Å². The van der Waals surface area contributed by atoms with Crippen LogP contribution in [0.25, 0.3) is 88.1 Å². The minimum atomic E-state index is 1.03. The summed E-state index contributed by atoms with van der Waals surface area (Å²) in [6, 6.07) is 48.5. The van der Waals surface area contributed by atoms with E-state index in [1.807, 2.05) is 6.20 Å². The Bertz CT molecular complexity index is 2580. The van der Waals surface area contributed by atoms with E-state index in [4.69, 9.17) is 4.98 Å². The lowest BCUT2D eigenvalue weighted by atomic mass is 9.96. The molecule has 0 N–H and O–H groups in total. The molecule has 6 aromatic carbocycles. The van der Waals surface area contributed by atoms with Gasteiger partial charge in [0.05, 0.1) is 33.4 Å². The van der Waals surface area contributed by atoms with E-state index in [-0.39, 0.29) is 0 Å². The lowest BCUT2D eigenvalue weighted by Crippen LogP contribution is -1.96. The Morgan fingerprint density at radius 2 is 1.17 bits per heavy atom. The molecule has 1 aliphatic rings. The van der Waals surface area contributed by atoms with Crippen LogP contribution in [0.5, 0.6) is 0 Å². The van der Waals surface area contributed by atoms with E-state index < -0.39 is 0 Å². The molecule has 9 aromatic rings. The van der Waals surface area contributed by atoms with Crippen LogP contribution >= 0.6 is 0 Å². The summed E-state index contributed by atoms with van der Waals surface area (Å²) in [5, 5.41) is 7.48. The van der Waals surface area contributed by atoms with Crippen LogP contribution in [0.2, 0.25) is 0 Å². The standard InChI is InChI=1S/C39H23N3/c1-2-11-25-22-26(20-19-24(25)10-1)41-33-16-6-4-13-28(33)31-23-32-37-29(15-9-21-40-37)27-12-3-7-17-34(27)42-35-18-8-5-14-30(35)36(38(31)41)39(32)42/h1-23H. The molecule has 0 radical (unpaired) electrons. The Balaban J connectivity index is 1.51. The van der Waals surface area contributed by atoms with Crippen LogP contribution < -0.4 is 0 Å². The number of nitrogens with zero attached hydrogens (tertiary/aromatic N) is 3. The van der Waals surface area contributed by atoms with Gasteiger partial charge in [-0.15, -0.1) is 0 Å². The fourth-order valence-electron chi connectivity index (χ4n) is 7.35. The molecule has 194 valence electrons. The predicted molar refractivity (Wildman–Crippen MR) is 175 cm³/mol. The molecule has 0 aliphatic carbocycles. The number of rotatable bonds is 1. The van der Waals surface area contributed by atoms with Crippen molar-refractivity contribution in [1.82, 2.24) is 14.1 Å². The fourth-order valence-corrected chi connectivity index (χ4v) is 7.35. The van der Waals surface area contributed by atoms with Gasteiger partial charge in [-0.3, -0.25) is 4.98 Å². The van der Waals surface area contributed by atoms with Crippen LogP contribution in [0.4, 0.5) is 0 Å². The topological polar surface area (TPSA) is 22.8 Å². The van der Waals surface area contributed by atoms with Gasteiger partial charge in [0.1, 0.15) is 0 Å². The second-order valence-corrected chi connectivity index (χ2v) is 11.2. The molecule has 0 amide bonds. The van der Waals surface area contributed by atoms with Crippen molar-refractivity contribution in [3.63, 3.8) is 0 Å². The molecule has 3 heteroatoms. The molecule has 10 rings (SSSR count). The third-order valence-electron chi connectivity index (χ3n) is 9.06. The van der Waals surface area contributed by atoms with Crippen LogP contribution in [-0.4, -0.2) is 14.1 Å². The van der Waals surface area contributed by atoms with E-state index in [1.165, 1.54) is 82.4 Å². The van der Waals surface area contributed by atoms with Crippen molar-refractivity contribution in [2.24, 2.45) is 0 Å². The van der Waals surface area contributed by atoms with Crippen LogP contribution in [0.15, 0.2) is 140 Å². The van der Waals surface area contributed by atoms with E-state index in [0.717, 1.165) is 5.69 Å². The van der Waals surface area contributed by atoms with Crippen molar-refractivity contribution in [3.8, 4) is 33.8 Å². The van der Waals surface area contributed by atoms with Crippen molar-refractivity contribution in [2.45, 2.75) is 0 Å². The number of aromatic nitrogens is 3. The molecule has 42 heavy (non-hydrogen) atoms. The average molecular weight is 534 g/mol. The molecule has 0 fully saturated rings. The maximum absolute atomic E-state index is 5.04. The molecule has 0 saturated heterocycles. The summed E-state index contributed by atoms with van der Waals surface area (Å²) in [4.78, 5) is 5.04. The molecule has 1 aliphatic heterocycles. The third kappa shape index (κ3) is 2.72. The van der Waals surface area contributed by atoms with E-state index in [0.29, 0.717) is 0 Å². The first-order valence-corrected chi connectivity index (χ1v) is 14.4. The predicted octanol–water partition coefficient (Wildman–Crippen LogP) is 10.1. The molecule has 0 bridgehead atoms. The summed E-state index contributed by atoms with van der Waals surface area (Å²) >= 11 is 0. The summed E-state index contributed by atoms with van der Waals surface area (Å²) in [5.41, 5.74) is 11.8. The Morgan fingerprint density at radius 3 is 2.07 bits per heavy atom. The lowest BCUT2D eigenvalue weighted by Gasteiger charge is -2.12. The molecule has 0 atom stereocenters. The van der Waals surface area contributed by atoms with Gasteiger partial charge in [0.2, 0.25) is 0 Å². The van der Waals surface area contributed by atoms with Gasteiger partial charge in [0.25, 0.3) is 0 Å². The minimum absolute atomic E-state index is 1.03. The number of hydrogen-bond donors (Lipinski definition) is 0. The number of hydrogen-bond acceptors (Lipinski definition) is 1. The Morgan fingerprint density at radius 1 is 0.452 bits per heavy atom. The second-order valence-electron chi connectivity index (χ2n) is 11.2. The fraction of sp³-hybridized carbons (Fsp3) is 0. The molecule has 0 saturated carbocycles. The monoisotopic (exact) mass is 533 g/mol. The van der Waals surface area contributed by atoms with Gasteiger partial charge >= 0.3 is 0 Å². The van der Waals surface area contributed by atoms with Crippen molar-refractivity contribution in [2.75, 3.05) is 0 Å². The van der Waals surface area contributed by atoms with E-state index >= 15 is 0 Å². The zero-order valence-electron chi connectivity index (χ0n) is 22.6. The largest absolute Gasteiger partial charge is 0.309 e. The normalized spacial score (nSPS) is 12.3. The molecule has 0 unspecified atom stereocenters. The number of benzene rings is 6. The van der Waals surface area contributed by atoms with Crippen molar-refractivity contribution in [3.05, 3.63) is 140 Å². The second kappa shape index (κ2) is 7.96. The molecule has 3 nitrogen and oxygen atoms in total. The highest BCUT2D eigenvalue weighted by Gasteiger charge is 2.28. The van der Waals surface area contributed by atoms with Crippen molar-refractivity contribution >= 4 is 54.4 Å². The Labute approximate surface area is 241 Å². The number of para-hydroxylation sites is 3. The summed E-state index contributed by atoms with van der Waals surface area (Å²) in [5.74, 6) is 0. The molecular formula is C39H23N3. The van der Waals surface area contributed by atoms with Crippen molar-refractivity contribution in [1.29, 1.82) is 0 Å². The lowest BCUT2D eigenvalue weighted by molar-refractivity contribution is 1.18. The molecule has 0 spiro atoms. The summed E-state index contributed by atoms with van der Waals surface area (Å²) in [7, 11) is 0. The highest BCUT2D eigenvalue weighted by Crippen LogP contribution is 2.50. The number of pyridine rings is 1. The van der Waals surface area contributed by atoms with Crippen LogP contribution in [0, 0.1) is 0 Å². The summed E-state index contributed by atoms with van der Waals surface area (Å²) in [6.07, 6.45) is 1.92. The van der Waals surface area contributed by atoms with Gasteiger partial charge in [0, 0.05) is 50.1 Å². The first kappa shape index (κ1) is 22.1. The maximum Gasteiger partial charge on any atom is 0.0802 e. The van der Waals surface area contributed by atoms with Crippen LogP contribution in [0.1, 0.15) is 0 Å². The highest BCUT2D eigenvalue weighted by atomic mass is 15.0.